The van der Waals surface area contributed by atoms with E-state index < -0.39 is 9.75 Å². The third-order valence-electron chi connectivity index (χ3n) is 3.89. The molecule has 0 heterocycles. The standard InChI is InChI=1S/C21H22Cl2O2/c1-20(2,22)18(24)16-10-8-14(9-11-16)12-15-6-5-7-17(13-15)19(25)21(3,4)23/h5-11,13H,12H2,1-4H3. The van der Waals surface area contributed by atoms with Crippen molar-refractivity contribution in [2.45, 2.75) is 43.9 Å². The summed E-state index contributed by atoms with van der Waals surface area (Å²) in [4.78, 5) is 22.6. The highest BCUT2D eigenvalue weighted by Gasteiger charge is 2.26. The molecule has 0 atom stereocenters. The van der Waals surface area contributed by atoms with Crippen LogP contribution < -0.4 is 0 Å². The van der Waals surface area contributed by atoms with Crippen LogP contribution >= 0.6 is 23.2 Å². The summed E-state index contributed by atoms with van der Waals surface area (Å²) < 4.78 is 0. The maximum Gasteiger partial charge on any atom is 0.183 e. The van der Waals surface area contributed by atoms with Gasteiger partial charge in [-0.2, -0.15) is 0 Å². The molecule has 2 nitrogen and oxygen atoms in total. The van der Waals surface area contributed by atoms with Crippen molar-refractivity contribution in [2.24, 2.45) is 0 Å². The zero-order chi connectivity index (χ0) is 18.8. The Morgan fingerprint density at radius 1 is 0.760 bits per heavy atom. The Morgan fingerprint density at radius 2 is 1.28 bits per heavy atom. The number of rotatable bonds is 6. The van der Waals surface area contributed by atoms with Gasteiger partial charge in [0.2, 0.25) is 0 Å². The molecule has 0 spiro atoms. The van der Waals surface area contributed by atoms with Gasteiger partial charge in [0.15, 0.2) is 11.6 Å². The van der Waals surface area contributed by atoms with Crippen LogP contribution in [0.1, 0.15) is 59.5 Å². The van der Waals surface area contributed by atoms with Gasteiger partial charge in [-0.15, -0.1) is 23.2 Å². The van der Waals surface area contributed by atoms with E-state index in [9.17, 15) is 9.59 Å². The first-order valence-electron chi connectivity index (χ1n) is 8.14. The summed E-state index contributed by atoms with van der Waals surface area (Å²) in [6.07, 6.45) is 0.669. The average Bonchev–Trinajstić information content (AvgIpc) is 2.53. The van der Waals surface area contributed by atoms with E-state index in [-0.39, 0.29) is 11.6 Å². The molecule has 2 aromatic carbocycles. The van der Waals surface area contributed by atoms with E-state index >= 15 is 0 Å². The molecule has 0 saturated heterocycles. The van der Waals surface area contributed by atoms with E-state index in [1.165, 1.54) is 0 Å². The third-order valence-corrected chi connectivity index (χ3v) is 4.24. The van der Waals surface area contributed by atoms with Gasteiger partial charge in [-0.05, 0) is 51.3 Å². The Hall–Kier alpha value is -1.64. The van der Waals surface area contributed by atoms with Crippen LogP contribution in [0.4, 0.5) is 0 Å². The second-order valence-corrected chi connectivity index (χ2v) is 9.07. The van der Waals surface area contributed by atoms with Gasteiger partial charge in [0.25, 0.3) is 0 Å². The monoisotopic (exact) mass is 376 g/mol. The Bertz CT molecular complexity index is 779. The predicted molar refractivity (Wildman–Crippen MR) is 104 cm³/mol. The molecule has 0 aliphatic rings. The topological polar surface area (TPSA) is 34.1 Å². The highest BCUT2D eigenvalue weighted by atomic mass is 35.5. The maximum absolute atomic E-state index is 12.3. The van der Waals surface area contributed by atoms with Gasteiger partial charge in [0.05, 0.1) is 0 Å². The number of Topliss-reactive ketones (excluding diaryl/α,β-unsaturated/α-hetero) is 2. The number of ketones is 2. The molecule has 0 aliphatic carbocycles. The zero-order valence-corrected chi connectivity index (χ0v) is 16.4. The lowest BCUT2D eigenvalue weighted by Gasteiger charge is -2.15. The summed E-state index contributed by atoms with van der Waals surface area (Å²) in [5, 5.41) is 0. The number of benzene rings is 2. The van der Waals surface area contributed by atoms with Crippen molar-refractivity contribution in [2.75, 3.05) is 0 Å². The number of hydrogen-bond acceptors (Lipinski definition) is 2. The Morgan fingerprint density at radius 3 is 1.80 bits per heavy atom. The van der Waals surface area contributed by atoms with E-state index in [1.807, 2.05) is 30.3 Å². The van der Waals surface area contributed by atoms with E-state index in [4.69, 9.17) is 23.2 Å². The van der Waals surface area contributed by atoms with Gasteiger partial charge < -0.3 is 0 Å². The second-order valence-electron chi connectivity index (χ2n) is 7.18. The maximum atomic E-state index is 12.3. The molecule has 0 unspecified atom stereocenters. The lowest BCUT2D eigenvalue weighted by molar-refractivity contribution is 0.0947. The van der Waals surface area contributed by atoms with Crippen LogP contribution in [-0.4, -0.2) is 21.3 Å². The van der Waals surface area contributed by atoms with Crippen molar-refractivity contribution >= 4 is 34.8 Å². The first-order valence-corrected chi connectivity index (χ1v) is 8.89. The van der Waals surface area contributed by atoms with Crippen LogP contribution in [0.2, 0.25) is 0 Å². The van der Waals surface area contributed by atoms with E-state index in [0.717, 1.165) is 11.1 Å². The molecule has 0 aromatic heterocycles. The van der Waals surface area contributed by atoms with Crippen molar-refractivity contribution in [3.63, 3.8) is 0 Å². The zero-order valence-electron chi connectivity index (χ0n) is 14.9. The molecule has 25 heavy (non-hydrogen) atoms. The largest absolute Gasteiger partial charge is 0.292 e. The molecule has 0 radical (unpaired) electrons. The third kappa shape index (κ3) is 5.17. The Kier molecular flexibility index (Phi) is 5.75. The minimum absolute atomic E-state index is 0.0960. The summed E-state index contributed by atoms with van der Waals surface area (Å²) in [6.45, 7) is 6.76. The lowest BCUT2D eigenvalue weighted by atomic mass is 9.95. The lowest BCUT2D eigenvalue weighted by Crippen LogP contribution is -2.24. The van der Waals surface area contributed by atoms with E-state index in [1.54, 1.807) is 45.9 Å². The molecular weight excluding hydrogens is 355 g/mol. The van der Waals surface area contributed by atoms with Crippen LogP contribution in [0.25, 0.3) is 0 Å². The molecule has 2 aromatic rings. The molecule has 0 N–H and O–H groups in total. The summed E-state index contributed by atoms with van der Waals surface area (Å²) in [6, 6.07) is 14.9. The molecule has 0 aliphatic heterocycles. The van der Waals surface area contributed by atoms with Crippen molar-refractivity contribution in [3.8, 4) is 0 Å². The number of halogens is 2. The SMILES string of the molecule is CC(C)(Cl)C(=O)c1ccc(Cc2cccc(C(=O)C(C)(C)Cl)c2)cc1. The van der Waals surface area contributed by atoms with Crippen molar-refractivity contribution in [3.05, 3.63) is 70.8 Å². The van der Waals surface area contributed by atoms with Gasteiger partial charge in [0.1, 0.15) is 9.75 Å². The van der Waals surface area contributed by atoms with Gasteiger partial charge in [0, 0.05) is 11.1 Å². The molecule has 132 valence electrons. The normalized spacial score (nSPS) is 12.1. The summed E-state index contributed by atoms with van der Waals surface area (Å²) in [5.74, 6) is -0.195. The van der Waals surface area contributed by atoms with Gasteiger partial charge in [-0.1, -0.05) is 42.5 Å². The Labute approximate surface area is 159 Å². The van der Waals surface area contributed by atoms with Crippen LogP contribution in [-0.2, 0) is 6.42 Å². The van der Waals surface area contributed by atoms with E-state index in [0.29, 0.717) is 17.5 Å². The van der Waals surface area contributed by atoms with Crippen molar-refractivity contribution in [1.82, 2.24) is 0 Å². The fourth-order valence-corrected chi connectivity index (χ4v) is 2.74. The van der Waals surface area contributed by atoms with Crippen molar-refractivity contribution in [1.29, 1.82) is 0 Å². The minimum Gasteiger partial charge on any atom is -0.292 e. The van der Waals surface area contributed by atoms with Crippen molar-refractivity contribution < 1.29 is 9.59 Å². The quantitative estimate of drug-likeness (QED) is 0.480. The first-order chi connectivity index (χ1) is 11.5. The number of hydrogen-bond donors (Lipinski definition) is 0. The molecule has 2 rings (SSSR count). The predicted octanol–water partition coefficient (Wildman–Crippen LogP) is 5.68. The fourth-order valence-electron chi connectivity index (χ4n) is 2.52. The second kappa shape index (κ2) is 7.31. The number of alkyl halides is 2. The molecule has 0 bridgehead atoms. The summed E-state index contributed by atoms with van der Waals surface area (Å²) in [7, 11) is 0. The first kappa shape index (κ1) is 19.7. The van der Waals surface area contributed by atoms with Crippen LogP contribution in [0.5, 0.6) is 0 Å². The van der Waals surface area contributed by atoms with Gasteiger partial charge >= 0.3 is 0 Å². The van der Waals surface area contributed by atoms with E-state index in [2.05, 4.69) is 0 Å². The molecular formula is C21H22Cl2O2. The number of carbonyl (C=O) groups is 2. The summed E-state index contributed by atoms with van der Waals surface area (Å²) >= 11 is 12.2. The molecule has 0 fully saturated rings. The number of carbonyl (C=O) groups excluding carboxylic acids is 2. The smallest absolute Gasteiger partial charge is 0.183 e. The Balaban J connectivity index is 2.18. The van der Waals surface area contributed by atoms with Crippen LogP contribution in [0.3, 0.4) is 0 Å². The summed E-state index contributed by atoms with van der Waals surface area (Å²) in [5.41, 5.74) is 3.27. The highest BCUT2D eigenvalue weighted by Crippen LogP contribution is 2.23. The van der Waals surface area contributed by atoms with Crippen LogP contribution in [0, 0.1) is 0 Å². The highest BCUT2D eigenvalue weighted by molar-refractivity contribution is 6.37. The molecule has 0 saturated carbocycles. The van der Waals surface area contributed by atoms with Crippen LogP contribution in [0.15, 0.2) is 48.5 Å². The fraction of sp³-hybridized carbons (Fsp3) is 0.333. The van der Waals surface area contributed by atoms with Gasteiger partial charge in [-0.25, -0.2) is 0 Å². The minimum atomic E-state index is -0.922. The van der Waals surface area contributed by atoms with Gasteiger partial charge in [-0.3, -0.25) is 9.59 Å². The average molecular weight is 377 g/mol. The molecule has 0 amide bonds. The molecule has 4 heteroatoms.